The van der Waals surface area contributed by atoms with Crippen LogP contribution in [0.1, 0.15) is 51.9 Å². The average molecular weight is 423 g/mol. The molecule has 0 aliphatic heterocycles. The van der Waals surface area contributed by atoms with Crippen LogP contribution in [-0.2, 0) is 0 Å². The van der Waals surface area contributed by atoms with Gasteiger partial charge in [-0.05, 0) is 25.7 Å². The first-order valence-corrected chi connectivity index (χ1v) is 10.8. The van der Waals surface area contributed by atoms with E-state index in [0.29, 0.717) is 6.61 Å². The van der Waals surface area contributed by atoms with Crippen LogP contribution in [0.4, 0.5) is 0 Å². The van der Waals surface area contributed by atoms with Crippen molar-refractivity contribution in [3.63, 3.8) is 0 Å². The number of fused-ring (bicyclic) bond motifs is 1. The van der Waals surface area contributed by atoms with Gasteiger partial charge in [0.05, 0.1) is 20.3 Å². The van der Waals surface area contributed by atoms with E-state index in [9.17, 15) is 0 Å². The number of alkyl halides is 1. The van der Waals surface area contributed by atoms with Gasteiger partial charge in [0.2, 0.25) is 0 Å². The SMILES string of the molecule is CCCCCCOc1c(OC)cc(OCCCCCBr)c2ccccc12. The second kappa shape index (κ2) is 12.1. The molecule has 0 radical (unpaired) electrons. The largest absolute Gasteiger partial charge is 0.493 e. The molecular formula is C22H31BrO3. The molecule has 0 spiro atoms. The summed E-state index contributed by atoms with van der Waals surface area (Å²) in [5, 5.41) is 3.18. The second-order valence-electron chi connectivity index (χ2n) is 6.46. The molecule has 2 rings (SSSR count). The normalized spacial score (nSPS) is 10.9. The lowest BCUT2D eigenvalue weighted by atomic mass is 10.1. The monoisotopic (exact) mass is 422 g/mol. The Balaban J connectivity index is 2.14. The van der Waals surface area contributed by atoms with Crippen LogP contribution in [0, 0.1) is 0 Å². The van der Waals surface area contributed by atoms with Gasteiger partial charge < -0.3 is 14.2 Å². The summed E-state index contributed by atoms with van der Waals surface area (Å²) in [5.41, 5.74) is 0. The van der Waals surface area contributed by atoms with Crippen molar-refractivity contribution in [2.24, 2.45) is 0 Å². The summed E-state index contributed by atoms with van der Waals surface area (Å²) in [5.74, 6) is 2.44. The minimum absolute atomic E-state index is 0.715. The molecule has 0 aliphatic rings. The number of hydrogen-bond donors (Lipinski definition) is 0. The summed E-state index contributed by atoms with van der Waals surface area (Å²) < 4.78 is 17.8. The van der Waals surface area contributed by atoms with E-state index in [-0.39, 0.29) is 0 Å². The first kappa shape index (κ1) is 20.9. The van der Waals surface area contributed by atoms with Crippen molar-refractivity contribution in [1.82, 2.24) is 0 Å². The number of methoxy groups -OCH3 is 1. The molecule has 0 atom stereocenters. The minimum Gasteiger partial charge on any atom is -0.493 e. The van der Waals surface area contributed by atoms with Crippen molar-refractivity contribution in [2.45, 2.75) is 51.9 Å². The number of benzene rings is 2. The lowest BCUT2D eigenvalue weighted by molar-refractivity contribution is 0.284. The van der Waals surface area contributed by atoms with Crippen LogP contribution >= 0.6 is 15.9 Å². The highest BCUT2D eigenvalue weighted by Crippen LogP contribution is 2.41. The molecule has 144 valence electrons. The van der Waals surface area contributed by atoms with Crippen LogP contribution < -0.4 is 14.2 Å². The molecule has 0 unspecified atom stereocenters. The van der Waals surface area contributed by atoms with E-state index in [2.05, 4.69) is 35.0 Å². The smallest absolute Gasteiger partial charge is 0.169 e. The fourth-order valence-corrected chi connectivity index (χ4v) is 3.37. The van der Waals surface area contributed by atoms with Gasteiger partial charge in [-0.15, -0.1) is 0 Å². The molecule has 0 bridgehead atoms. The predicted octanol–water partition coefficient (Wildman–Crippen LogP) is 6.75. The zero-order valence-corrected chi connectivity index (χ0v) is 17.6. The molecule has 0 heterocycles. The molecular weight excluding hydrogens is 392 g/mol. The van der Waals surface area contributed by atoms with Crippen molar-refractivity contribution in [2.75, 3.05) is 25.7 Å². The molecule has 26 heavy (non-hydrogen) atoms. The van der Waals surface area contributed by atoms with Crippen LogP contribution in [0.25, 0.3) is 10.8 Å². The lowest BCUT2D eigenvalue weighted by Crippen LogP contribution is -2.03. The fraction of sp³-hybridized carbons (Fsp3) is 0.545. The number of hydrogen-bond acceptors (Lipinski definition) is 3. The predicted molar refractivity (Wildman–Crippen MR) is 113 cm³/mol. The summed E-state index contributed by atoms with van der Waals surface area (Å²) in [6.45, 7) is 3.65. The van der Waals surface area contributed by atoms with Gasteiger partial charge in [0.1, 0.15) is 5.75 Å². The second-order valence-corrected chi connectivity index (χ2v) is 7.25. The third-order valence-corrected chi connectivity index (χ3v) is 4.98. The van der Waals surface area contributed by atoms with Gasteiger partial charge in [-0.1, -0.05) is 66.4 Å². The Hall–Kier alpha value is -1.42. The van der Waals surface area contributed by atoms with E-state index in [4.69, 9.17) is 14.2 Å². The zero-order valence-electron chi connectivity index (χ0n) is 16.1. The zero-order chi connectivity index (χ0) is 18.6. The number of halogens is 1. The summed E-state index contributed by atoms with van der Waals surface area (Å²) in [6, 6.07) is 10.2. The van der Waals surface area contributed by atoms with Crippen LogP contribution in [0.3, 0.4) is 0 Å². The molecule has 0 aliphatic carbocycles. The van der Waals surface area contributed by atoms with Crippen molar-refractivity contribution in [1.29, 1.82) is 0 Å². The first-order chi connectivity index (χ1) is 12.8. The van der Waals surface area contributed by atoms with E-state index in [1.807, 2.05) is 18.2 Å². The number of rotatable bonds is 13. The van der Waals surface area contributed by atoms with E-state index in [1.165, 1.54) is 32.1 Å². The lowest BCUT2D eigenvalue weighted by Gasteiger charge is -2.17. The Labute approximate surface area is 166 Å². The molecule has 4 heteroatoms. The Morgan fingerprint density at radius 2 is 1.50 bits per heavy atom. The minimum atomic E-state index is 0.715. The van der Waals surface area contributed by atoms with E-state index in [1.54, 1.807) is 7.11 Å². The highest BCUT2D eigenvalue weighted by molar-refractivity contribution is 9.09. The molecule has 0 amide bonds. The van der Waals surface area contributed by atoms with Gasteiger partial charge in [0.25, 0.3) is 0 Å². The van der Waals surface area contributed by atoms with E-state index < -0.39 is 0 Å². The quantitative estimate of drug-likeness (QED) is 0.263. The number of unbranched alkanes of at least 4 members (excludes halogenated alkanes) is 5. The van der Waals surface area contributed by atoms with Crippen LogP contribution in [0.15, 0.2) is 30.3 Å². The van der Waals surface area contributed by atoms with Crippen molar-refractivity contribution in [3.05, 3.63) is 30.3 Å². The van der Waals surface area contributed by atoms with Gasteiger partial charge in [-0.25, -0.2) is 0 Å². The Morgan fingerprint density at radius 1 is 0.808 bits per heavy atom. The van der Waals surface area contributed by atoms with Gasteiger partial charge in [0.15, 0.2) is 11.5 Å². The van der Waals surface area contributed by atoms with Crippen molar-refractivity contribution >= 4 is 26.7 Å². The molecule has 3 nitrogen and oxygen atoms in total. The Bertz CT molecular complexity index is 657. The summed E-state index contributed by atoms with van der Waals surface area (Å²) >= 11 is 3.47. The average Bonchev–Trinajstić information content (AvgIpc) is 2.68. The summed E-state index contributed by atoms with van der Waals surface area (Å²) in [4.78, 5) is 0. The molecule has 0 saturated heterocycles. The third-order valence-electron chi connectivity index (χ3n) is 4.42. The molecule has 0 fully saturated rings. The molecule has 0 aromatic heterocycles. The van der Waals surface area contributed by atoms with Crippen molar-refractivity contribution in [3.8, 4) is 17.2 Å². The maximum Gasteiger partial charge on any atom is 0.169 e. The highest BCUT2D eigenvalue weighted by atomic mass is 79.9. The molecule has 2 aromatic carbocycles. The van der Waals surface area contributed by atoms with E-state index >= 15 is 0 Å². The summed E-state index contributed by atoms with van der Waals surface area (Å²) in [6.07, 6.45) is 8.15. The van der Waals surface area contributed by atoms with Gasteiger partial charge in [0, 0.05) is 22.2 Å². The molecule has 2 aromatic rings. The Morgan fingerprint density at radius 3 is 2.19 bits per heavy atom. The van der Waals surface area contributed by atoms with Crippen molar-refractivity contribution < 1.29 is 14.2 Å². The fourth-order valence-electron chi connectivity index (χ4n) is 2.97. The topological polar surface area (TPSA) is 27.7 Å². The van der Waals surface area contributed by atoms with Gasteiger partial charge in [-0.3, -0.25) is 0 Å². The van der Waals surface area contributed by atoms with Gasteiger partial charge >= 0.3 is 0 Å². The third kappa shape index (κ3) is 6.08. The highest BCUT2D eigenvalue weighted by Gasteiger charge is 2.15. The molecule has 0 N–H and O–H groups in total. The van der Waals surface area contributed by atoms with Crippen LogP contribution in [0.2, 0.25) is 0 Å². The standard InChI is InChI=1S/C22H31BrO3/c1-3-4-5-10-16-26-22-19-13-8-7-12-18(19)20(17-21(22)24-2)25-15-11-6-9-14-23/h7-8,12-13,17H,3-6,9-11,14-16H2,1-2H3. The summed E-state index contributed by atoms with van der Waals surface area (Å²) in [7, 11) is 1.69. The maximum atomic E-state index is 6.11. The van der Waals surface area contributed by atoms with Crippen LogP contribution in [0.5, 0.6) is 17.2 Å². The van der Waals surface area contributed by atoms with Crippen LogP contribution in [-0.4, -0.2) is 25.7 Å². The Kier molecular flexibility index (Phi) is 9.68. The number of ether oxygens (including phenoxy) is 3. The molecule has 0 saturated carbocycles. The van der Waals surface area contributed by atoms with E-state index in [0.717, 1.165) is 52.8 Å². The first-order valence-electron chi connectivity index (χ1n) is 9.73. The maximum absolute atomic E-state index is 6.11. The van der Waals surface area contributed by atoms with Gasteiger partial charge in [-0.2, -0.15) is 0 Å².